The molecule has 0 rings (SSSR count). The minimum atomic E-state index is -1.08. The number of carbonyl (C=O) groups excluding carboxylic acids is 1. The number of carbonyl (C=O) groups is 2. The van der Waals surface area contributed by atoms with Crippen molar-refractivity contribution in [2.45, 2.75) is 12.8 Å². The zero-order chi connectivity index (χ0) is 9.56. The van der Waals surface area contributed by atoms with Crippen LogP contribution in [0.2, 0.25) is 0 Å². The van der Waals surface area contributed by atoms with E-state index in [9.17, 15) is 9.59 Å². The molecule has 0 unspecified atom stereocenters. The van der Waals surface area contributed by atoms with E-state index in [0.717, 1.165) is 0 Å². The van der Waals surface area contributed by atoms with Crippen molar-refractivity contribution in [3.05, 3.63) is 0 Å². The van der Waals surface area contributed by atoms with E-state index in [4.69, 9.17) is 5.11 Å². The lowest BCUT2D eigenvalue weighted by molar-refractivity contribution is -0.129. The molecule has 0 amide bonds. The monoisotopic (exact) mass is 172 g/mol. The largest absolute Gasteiger partial charge is 0.477 e. The summed E-state index contributed by atoms with van der Waals surface area (Å²) in [4.78, 5) is 20.4. The molecule has 5 nitrogen and oxygen atoms in total. The predicted octanol–water partition coefficient (Wildman–Crippen LogP) is -0.0323. The Morgan fingerprint density at radius 3 is 2.50 bits per heavy atom. The number of hydrazone groups is 1. The predicted molar refractivity (Wildman–Crippen MR) is 44.1 cm³/mol. The van der Waals surface area contributed by atoms with Crippen LogP contribution >= 0.6 is 0 Å². The van der Waals surface area contributed by atoms with Crippen molar-refractivity contribution in [2.24, 2.45) is 5.10 Å². The molecule has 0 aromatic rings. The molecule has 12 heavy (non-hydrogen) atoms. The molecule has 5 heteroatoms. The Morgan fingerprint density at radius 2 is 2.17 bits per heavy atom. The summed E-state index contributed by atoms with van der Waals surface area (Å²) in [5.74, 6) is -1.08. The van der Waals surface area contributed by atoms with Gasteiger partial charge in [-0.3, -0.25) is 0 Å². The van der Waals surface area contributed by atoms with Gasteiger partial charge in [0.1, 0.15) is 12.0 Å². The van der Waals surface area contributed by atoms with E-state index in [-0.39, 0.29) is 18.6 Å². The molecule has 0 radical (unpaired) electrons. The minimum absolute atomic E-state index is 0.00657. The van der Waals surface area contributed by atoms with Crippen molar-refractivity contribution in [3.8, 4) is 0 Å². The van der Waals surface area contributed by atoms with E-state index >= 15 is 0 Å². The number of aliphatic carboxylic acids is 1. The lowest BCUT2D eigenvalue weighted by atomic mass is 10.2. The van der Waals surface area contributed by atoms with Crippen molar-refractivity contribution in [1.82, 2.24) is 5.01 Å². The Bertz CT molecular complexity index is 199. The molecular formula is C7H12N2O3. The SMILES string of the molecule is CN(C)/N=C(\CCC=O)C(=O)O. The minimum Gasteiger partial charge on any atom is -0.477 e. The molecule has 0 fully saturated rings. The highest BCUT2D eigenvalue weighted by atomic mass is 16.4. The summed E-state index contributed by atoms with van der Waals surface area (Å²) in [6.45, 7) is 0. The van der Waals surface area contributed by atoms with Gasteiger partial charge in [0.15, 0.2) is 0 Å². The third-order valence-corrected chi connectivity index (χ3v) is 1.07. The summed E-state index contributed by atoms with van der Waals surface area (Å²) in [5, 5.41) is 13.7. The highest BCUT2D eigenvalue weighted by molar-refractivity contribution is 6.35. The van der Waals surface area contributed by atoms with Gasteiger partial charge in [-0.1, -0.05) is 0 Å². The average molecular weight is 172 g/mol. The molecule has 0 aromatic heterocycles. The number of rotatable bonds is 5. The standard InChI is InChI=1S/C7H12N2O3/c1-9(2)8-6(7(11)12)4-3-5-10/h5H,3-4H2,1-2H3,(H,11,12)/b8-6+. The first-order valence-corrected chi connectivity index (χ1v) is 3.49. The van der Waals surface area contributed by atoms with Gasteiger partial charge in [0.05, 0.1) is 0 Å². The first-order chi connectivity index (χ1) is 5.57. The van der Waals surface area contributed by atoms with Gasteiger partial charge >= 0.3 is 5.97 Å². The van der Waals surface area contributed by atoms with Crippen molar-refractivity contribution in [3.63, 3.8) is 0 Å². The maximum Gasteiger partial charge on any atom is 0.352 e. The van der Waals surface area contributed by atoms with Crippen LogP contribution in [-0.4, -0.2) is 42.2 Å². The van der Waals surface area contributed by atoms with E-state index < -0.39 is 5.97 Å². The maximum atomic E-state index is 10.5. The van der Waals surface area contributed by atoms with Gasteiger partial charge in [0.2, 0.25) is 0 Å². The van der Waals surface area contributed by atoms with Gasteiger partial charge in [-0.2, -0.15) is 5.10 Å². The fraction of sp³-hybridized carbons (Fsp3) is 0.571. The Hall–Kier alpha value is -1.39. The van der Waals surface area contributed by atoms with Crippen molar-refractivity contribution < 1.29 is 14.7 Å². The summed E-state index contributed by atoms with van der Waals surface area (Å²) in [6.07, 6.45) is 1.05. The fourth-order valence-corrected chi connectivity index (χ4v) is 0.637. The molecule has 68 valence electrons. The molecule has 0 aliphatic carbocycles. The Morgan fingerprint density at radius 1 is 1.58 bits per heavy atom. The fourth-order valence-electron chi connectivity index (χ4n) is 0.637. The Labute approximate surface area is 70.7 Å². The Kier molecular flexibility index (Phi) is 4.67. The number of nitrogens with zero attached hydrogens (tertiary/aromatic N) is 2. The van der Waals surface area contributed by atoms with E-state index in [1.807, 2.05) is 0 Å². The second kappa shape index (κ2) is 5.29. The van der Waals surface area contributed by atoms with E-state index in [1.165, 1.54) is 5.01 Å². The smallest absolute Gasteiger partial charge is 0.352 e. The molecule has 0 atom stereocenters. The van der Waals surface area contributed by atoms with Crippen LogP contribution in [0.1, 0.15) is 12.8 Å². The van der Waals surface area contributed by atoms with Crippen LogP contribution in [-0.2, 0) is 9.59 Å². The molecule has 0 spiro atoms. The zero-order valence-corrected chi connectivity index (χ0v) is 7.15. The quantitative estimate of drug-likeness (QED) is 0.359. The van der Waals surface area contributed by atoms with Crippen LogP contribution in [0.4, 0.5) is 0 Å². The molecular weight excluding hydrogens is 160 g/mol. The molecule has 0 saturated carbocycles. The summed E-state index contributed by atoms with van der Waals surface area (Å²) < 4.78 is 0. The van der Waals surface area contributed by atoms with Crippen molar-refractivity contribution in [1.29, 1.82) is 0 Å². The number of hydrogen-bond donors (Lipinski definition) is 1. The number of carboxylic acid groups (broad SMARTS) is 1. The number of carboxylic acids is 1. The molecule has 0 aliphatic rings. The van der Waals surface area contributed by atoms with E-state index in [1.54, 1.807) is 14.1 Å². The molecule has 0 bridgehead atoms. The van der Waals surface area contributed by atoms with E-state index in [0.29, 0.717) is 6.29 Å². The second-order valence-electron chi connectivity index (χ2n) is 2.40. The van der Waals surface area contributed by atoms with Crippen LogP contribution < -0.4 is 0 Å². The normalized spacial score (nSPS) is 11.0. The van der Waals surface area contributed by atoms with Crippen LogP contribution in [0.5, 0.6) is 0 Å². The zero-order valence-electron chi connectivity index (χ0n) is 7.15. The van der Waals surface area contributed by atoms with Crippen molar-refractivity contribution >= 4 is 18.0 Å². The van der Waals surface area contributed by atoms with E-state index in [2.05, 4.69) is 5.10 Å². The van der Waals surface area contributed by atoms with Crippen LogP contribution in [0, 0.1) is 0 Å². The second-order valence-corrected chi connectivity index (χ2v) is 2.40. The first-order valence-electron chi connectivity index (χ1n) is 3.49. The Balaban J connectivity index is 4.22. The summed E-state index contributed by atoms with van der Waals surface area (Å²) in [7, 11) is 3.26. The third-order valence-electron chi connectivity index (χ3n) is 1.07. The summed E-state index contributed by atoms with van der Waals surface area (Å²) >= 11 is 0. The lowest BCUT2D eigenvalue weighted by Gasteiger charge is -2.05. The molecule has 0 aromatic carbocycles. The van der Waals surface area contributed by atoms with Crippen LogP contribution in [0.15, 0.2) is 5.10 Å². The molecule has 0 aliphatic heterocycles. The molecule has 1 N–H and O–H groups in total. The van der Waals surface area contributed by atoms with Crippen LogP contribution in [0.25, 0.3) is 0 Å². The highest BCUT2D eigenvalue weighted by Crippen LogP contribution is 1.93. The van der Waals surface area contributed by atoms with Gasteiger partial charge < -0.3 is 14.9 Å². The lowest BCUT2D eigenvalue weighted by Crippen LogP contribution is -2.17. The van der Waals surface area contributed by atoms with Crippen LogP contribution in [0.3, 0.4) is 0 Å². The van der Waals surface area contributed by atoms with Gasteiger partial charge in [0, 0.05) is 26.9 Å². The topological polar surface area (TPSA) is 70.0 Å². The van der Waals surface area contributed by atoms with Gasteiger partial charge in [0.25, 0.3) is 0 Å². The van der Waals surface area contributed by atoms with Gasteiger partial charge in [-0.05, 0) is 0 Å². The summed E-state index contributed by atoms with van der Waals surface area (Å²) in [5.41, 5.74) is 0.00657. The third kappa shape index (κ3) is 4.43. The van der Waals surface area contributed by atoms with Crippen molar-refractivity contribution in [2.75, 3.05) is 14.1 Å². The highest BCUT2D eigenvalue weighted by Gasteiger charge is 2.08. The number of aldehydes is 1. The maximum absolute atomic E-state index is 10.5. The van der Waals surface area contributed by atoms with Gasteiger partial charge in [-0.15, -0.1) is 0 Å². The number of hydrogen-bond acceptors (Lipinski definition) is 4. The molecule has 0 heterocycles. The summed E-state index contributed by atoms with van der Waals surface area (Å²) in [6, 6.07) is 0. The molecule has 0 saturated heterocycles. The first kappa shape index (κ1) is 10.6. The van der Waals surface area contributed by atoms with Gasteiger partial charge in [-0.25, -0.2) is 4.79 Å². The average Bonchev–Trinajstić information content (AvgIpc) is 1.96.